The minimum absolute atomic E-state index is 0.0528. The highest BCUT2D eigenvalue weighted by Gasteiger charge is 2.46. The van der Waals surface area contributed by atoms with Gasteiger partial charge in [0.25, 0.3) is 5.91 Å². The number of carboxylic acid groups (broad SMARTS) is 1. The molecule has 11 nitrogen and oxygen atoms in total. The highest BCUT2D eigenvalue weighted by molar-refractivity contribution is 6.06. The summed E-state index contributed by atoms with van der Waals surface area (Å²) in [4.78, 5) is 31.7. The lowest BCUT2D eigenvalue weighted by molar-refractivity contribution is -0.148. The Balaban J connectivity index is 1.90. The van der Waals surface area contributed by atoms with Crippen LogP contribution in [-0.4, -0.2) is 60.6 Å². The first-order valence-electron chi connectivity index (χ1n) is 10.5. The molecule has 1 aliphatic carbocycles. The molecule has 0 radical (unpaired) electrons. The van der Waals surface area contributed by atoms with Gasteiger partial charge >= 0.3 is 12.6 Å². The van der Waals surface area contributed by atoms with Gasteiger partial charge in [-0.2, -0.15) is 13.8 Å². The first-order valence-corrected chi connectivity index (χ1v) is 10.5. The van der Waals surface area contributed by atoms with Crippen molar-refractivity contribution in [2.75, 3.05) is 13.7 Å². The second-order valence-electron chi connectivity index (χ2n) is 7.80. The molecular weight excluding hydrogens is 468 g/mol. The maximum absolute atomic E-state index is 12.7. The third kappa shape index (κ3) is 7.24. The summed E-state index contributed by atoms with van der Waals surface area (Å²) in [6.07, 6.45) is 4.97. The quantitative estimate of drug-likeness (QED) is 0.282. The first kappa shape index (κ1) is 25.6. The van der Waals surface area contributed by atoms with Crippen LogP contribution in [0.5, 0.6) is 11.5 Å². The molecular formula is C22H25F2N5O6. The number of carbonyl (C=O) groups excluding carboxylic acids is 1. The Labute approximate surface area is 199 Å². The van der Waals surface area contributed by atoms with E-state index in [1.165, 1.54) is 30.5 Å². The predicted octanol–water partition coefficient (Wildman–Crippen LogP) is 1.76. The normalized spacial score (nSPS) is 19.0. The largest absolute Gasteiger partial charge is 0.485 e. The number of amidine groups is 1. The van der Waals surface area contributed by atoms with Crippen molar-refractivity contribution in [3.63, 3.8) is 0 Å². The summed E-state index contributed by atoms with van der Waals surface area (Å²) in [5, 5.41) is 14.6. The zero-order valence-electron chi connectivity index (χ0n) is 19.0. The Morgan fingerprint density at radius 3 is 2.69 bits per heavy atom. The number of ether oxygens (including phenoxy) is 3. The van der Waals surface area contributed by atoms with Gasteiger partial charge in [0.05, 0.1) is 12.8 Å². The van der Waals surface area contributed by atoms with Crippen LogP contribution in [0.15, 0.2) is 52.4 Å². The van der Waals surface area contributed by atoms with E-state index in [2.05, 4.69) is 25.4 Å². The Morgan fingerprint density at radius 2 is 2.09 bits per heavy atom. The average Bonchev–Trinajstić information content (AvgIpc) is 3.56. The van der Waals surface area contributed by atoms with Crippen molar-refractivity contribution in [2.45, 2.75) is 38.0 Å². The molecule has 0 spiro atoms. The van der Waals surface area contributed by atoms with E-state index in [1.54, 1.807) is 14.0 Å². The molecule has 1 unspecified atom stereocenters. The fourth-order valence-electron chi connectivity index (χ4n) is 3.01. The number of nitrogens with zero attached hydrogens (tertiary/aromatic N) is 2. The molecule has 2 aliphatic rings. The van der Waals surface area contributed by atoms with Crippen molar-refractivity contribution in [1.29, 1.82) is 0 Å². The number of alkyl halides is 2. The first-order chi connectivity index (χ1) is 16.6. The molecule has 0 aromatic heterocycles. The number of halogens is 2. The van der Waals surface area contributed by atoms with Crippen LogP contribution in [0.2, 0.25) is 0 Å². The summed E-state index contributed by atoms with van der Waals surface area (Å²) in [6.45, 7) is -1.62. The zero-order valence-corrected chi connectivity index (χ0v) is 19.0. The van der Waals surface area contributed by atoms with Crippen molar-refractivity contribution in [2.24, 2.45) is 15.7 Å². The number of carbonyl (C=O) groups is 2. The lowest BCUT2D eigenvalue weighted by atomic mass is 10.2. The SMILES string of the molecule is CN/C=C\C(N)=NC(=O)c1cc(OC2=NC=C(C(=O)O)NC2C)cc(OC2(COC(F)F)CC2)c1. The third-order valence-electron chi connectivity index (χ3n) is 4.91. The van der Waals surface area contributed by atoms with E-state index in [0.717, 1.165) is 6.20 Å². The van der Waals surface area contributed by atoms with Crippen molar-refractivity contribution in [1.82, 2.24) is 10.6 Å². The number of benzene rings is 1. The van der Waals surface area contributed by atoms with Crippen LogP contribution in [0.1, 0.15) is 30.1 Å². The van der Waals surface area contributed by atoms with Crippen LogP contribution in [0.3, 0.4) is 0 Å². The number of nitrogens with one attached hydrogen (secondary N) is 2. The topological polar surface area (TPSA) is 157 Å². The minimum atomic E-state index is -2.94. The molecule has 1 saturated carbocycles. The second kappa shape index (κ2) is 11.0. The van der Waals surface area contributed by atoms with E-state index >= 15 is 0 Å². The summed E-state index contributed by atoms with van der Waals surface area (Å²) in [5.41, 5.74) is 4.74. The molecule has 1 heterocycles. The van der Waals surface area contributed by atoms with Gasteiger partial charge < -0.3 is 35.7 Å². The lowest BCUT2D eigenvalue weighted by Crippen LogP contribution is -2.40. The van der Waals surface area contributed by atoms with Crippen molar-refractivity contribution in [3.05, 3.63) is 47.9 Å². The Bertz CT molecular complexity index is 1100. The smallest absolute Gasteiger partial charge is 0.353 e. The van der Waals surface area contributed by atoms with Crippen LogP contribution >= 0.6 is 0 Å². The van der Waals surface area contributed by atoms with Gasteiger partial charge in [0.1, 0.15) is 34.7 Å². The number of rotatable bonds is 10. The van der Waals surface area contributed by atoms with Gasteiger partial charge in [-0.05, 0) is 44.2 Å². The van der Waals surface area contributed by atoms with Gasteiger partial charge in [-0.25, -0.2) is 9.79 Å². The molecule has 0 bridgehead atoms. The number of aliphatic imine (C=N–C) groups is 2. The van der Waals surface area contributed by atoms with E-state index in [0.29, 0.717) is 12.8 Å². The summed E-state index contributed by atoms with van der Waals surface area (Å²) >= 11 is 0. The number of amides is 1. The molecule has 35 heavy (non-hydrogen) atoms. The molecule has 1 atom stereocenters. The number of nitrogens with two attached hydrogens (primary N) is 1. The molecule has 1 aromatic carbocycles. The summed E-state index contributed by atoms with van der Waals surface area (Å²) in [6, 6.07) is 3.64. The molecule has 1 fully saturated rings. The molecule has 188 valence electrons. The highest BCUT2D eigenvalue weighted by atomic mass is 19.3. The molecule has 13 heteroatoms. The monoisotopic (exact) mass is 493 g/mol. The van der Waals surface area contributed by atoms with Gasteiger partial charge in [-0.3, -0.25) is 4.79 Å². The van der Waals surface area contributed by atoms with Gasteiger partial charge in [-0.15, -0.1) is 0 Å². The third-order valence-corrected chi connectivity index (χ3v) is 4.91. The van der Waals surface area contributed by atoms with Crippen LogP contribution < -0.4 is 25.8 Å². The van der Waals surface area contributed by atoms with Crippen LogP contribution in [0, 0.1) is 0 Å². The molecule has 1 aliphatic heterocycles. The summed E-state index contributed by atoms with van der Waals surface area (Å²) < 4.78 is 41.1. The number of hydrogen-bond acceptors (Lipinski definition) is 8. The molecule has 1 aromatic rings. The number of hydrogen-bond donors (Lipinski definition) is 4. The molecule has 0 saturated heterocycles. The average molecular weight is 493 g/mol. The van der Waals surface area contributed by atoms with E-state index in [1.807, 2.05) is 0 Å². The van der Waals surface area contributed by atoms with Crippen LogP contribution in [-0.2, 0) is 9.53 Å². The molecule has 5 N–H and O–H groups in total. The lowest BCUT2D eigenvalue weighted by Gasteiger charge is -2.22. The standard InChI is InChI=1S/C22H25F2N5O6/c1-12-19(27-10-16(28-12)20(31)32)34-14-7-13(18(30)29-17(25)3-6-26-2)8-15(9-14)35-22(4-5-22)11-33-21(23)24/h3,6-10,12,21,26,28H,4-5,11H2,1-2H3,(H,31,32)(H2,25,29,30)/b6-3-. The van der Waals surface area contributed by atoms with Crippen molar-refractivity contribution < 1.29 is 37.7 Å². The second-order valence-corrected chi connectivity index (χ2v) is 7.80. The van der Waals surface area contributed by atoms with E-state index < -0.39 is 30.1 Å². The van der Waals surface area contributed by atoms with Crippen molar-refractivity contribution in [3.8, 4) is 11.5 Å². The predicted molar refractivity (Wildman–Crippen MR) is 122 cm³/mol. The summed E-state index contributed by atoms with van der Waals surface area (Å²) in [5.74, 6) is -1.49. The number of carboxylic acids is 1. The molecule has 3 rings (SSSR count). The van der Waals surface area contributed by atoms with Crippen molar-refractivity contribution >= 4 is 23.6 Å². The summed E-state index contributed by atoms with van der Waals surface area (Å²) in [7, 11) is 1.65. The van der Waals surface area contributed by atoms with Gasteiger partial charge in [-0.1, -0.05) is 0 Å². The maximum atomic E-state index is 12.7. The minimum Gasteiger partial charge on any atom is -0.485 e. The Kier molecular flexibility index (Phi) is 8.02. The Morgan fingerprint density at radius 1 is 1.37 bits per heavy atom. The number of aliphatic carboxylic acids is 1. The van der Waals surface area contributed by atoms with Gasteiger partial charge in [0.15, 0.2) is 0 Å². The zero-order chi connectivity index (χ0) is 25.6. The van der Waals surface area contributed by atoms with E-state index in [-0.39, 0.29) is 41.1 Å². The van der Waals surface area contributed by atoms with Gasteiger partial charge in [0.2, 0.25) is 5.90 Å². The highest BCUT2D eigenvalue weighted by Crippen LogP contribution is 2.42. The van der Waals surface area contributed by atoms with Crippen LogP contribution in [0.4, 0.5) is 8.78 Å². The fraction of sp³-hybridized carbons (Fsp3) is 0.364. The molecule has 1 amide bonds. The Hall–Kier alpha value is -4.00. The van der Waals surface area contributed by atoms with Gasteiger partial charge in [0, 0.05) is 18.7 Å². The maximum Gasteiger partial charge on any atom is 0.353 e. The van der Waals surface area contributed by atoms with E-state index in [4.69, 9.17) is 20.3 Å². The van der Waals surface area contributed by atoms with Crippen LogP contribution in [0.25, 0.3) is 0 Å². The van der Waals surface area contributed by atoms with E-state index in [9.17, 15) is 18.4 Å². The fourth-order valence-corrected chi connectivity index (χ4v) is 3.01.